The summed E-state index contributed by atoms with van der Waals surface area (Å²) in [6.45, 7) is 4.65. The molecule has 2 N–H and O–H groups in total. The molecule has 0 bridgehead atoms. The second-order valence-electron chi connectivity index (χ2n) is 9.42. The molecule has 1 saturated heterocycles. The van der Waals surface area contributed by atoms with Crippen LogP contribution < -0.4 is 15.4 Å². The molecule has 0 aromatic heterocycles. The number of hydrogen-bond acceptors (Lipinski definition) is 4. The lowest BCUT2D eigenvalue weighted by molar-refractivity contribution is -0.114. The second kappa shape index (κ2) is 12.8. The molecule has 1 heterocycles. The van der Waals surface area contributed by atoms with Gasteiger partial charge >= 0.3 is 0 Å². The lowest BCUT2D eigenvalue weighted by Gasteiger charge is -2.30. The number of nitrogens with one attached hydrogen (secondary N) is 2. The minimum Gasteiger partial charge on any atom is -0.494 e. The zero-order chi connectivity index (χ0) is 25.2. The van der Waals surface area contributed by atoms with Crippen molar-refractivity contribution in [2.24, 2.45) is 5.92 Å². The lowest BCUT2D eigenvalue weighted by atomic mass is 9.98. The number of benzene rings is 3. The number of likely N-dealkylation sites (tertiary alicyclic amines) is 1. The fourth-order valence-electron chi connectivity index (χ4n) is 4.26. The van der Waals surface area contributed by atoms with E-state index in [1.165, 1.54) is 5.56 Å². The number of ether oxygens (including phenoxy) is 1. The Kier molecular flexibility index (Phi) is 8.98. The summed E-state index contributed by atoms with van der Waals surface area (Å²) in [5, 5.41) is 6.00. The Morgan fingerprint density at radius 2 is 1.56 bits per heavy atom. The molecule has 188 valence electrons. The number of carbonyl (C=O) groups excluding carboxylic acids is 2. The van der Waals surface area contributed by atoms with Gasteiger partial charge in [-0.05, 0) is 85.7 Å². The van der Waals surface area contributed by atoms with Gasteiger partial charge in [0.05, 0.1) is 13.2 Å². The highest BCUT2D eigenvalue weighted by Crippen LogP contribution is 2.19. The van der Waals surface area contributed by atoms with E-state index in [-0.39, 0.29) is 18.4 Å². The van der Waals surface area contributed by atoms with E-state index in [0.29, 0.717) is 23.8 Å². The molecule has 6 nitrogen and oxygen atoms in total. The summed E-state index contributed by atoms with van der Waals surface area (Å²) >= 11 is 0. The van der Waals surface area contributed by atoms with Gasteiger partial charge in [0.2, 0.25) is 5.91 Å². The van der Waals surface area contributed by atoms with E-state index in [0.717, 1.165) is 50.2 Å². The number of nitrogens with zero attached hydrogens (tertiary/aromatic N) is 1. The number of aryl methyl sites for hydroxylation is 1. The molecule has 4 rings (SSSR count). The normalized spacial score (nSPS) is 13.8. The minimum atomic E-state index is -0.152. The lowest BCUT2D eigenvalue weighted by Crippen LogP contribution is -2.37. The van der Waals surface area contributed by atoms with E-state index in [4.69, 9.17) is 4.74 Å². The van der Waals surface area contributed by atoms with Crippen molar-refractivity contribution in [3.63, 3.8) is 0 Å². The number of hydrogen-bond donors (Lipinski definition) is 2. The molecular weight excluding hydrogens is 450 g/mol. The van der Waals surface area contributed by atoms with Crippen LogP contribution in [-0.4, -0.2) is 43.0 Å². The predicted molar refractivity (Wildman–Crippen MR) is 145 cm³/mol. The van der Waals surface area contributed by atoms with Crippen LogP contribution in [0.1, 0.15) is 42.1 Å². The van der Waals surface area contributed by atoms with Crippen molar-refractivity contribution in [3.05, 3.63) is 90.0 Å². The van der Waals surface area contributed by atoms with Gasteiger partial charge in [-0.3, -0.25) is 9.59 Å². The summed E-state index contributed by atoms with van der Waals surface area (Å²) in [4.78, 5) is 27.0. The molecule has 3 aromatic rings. The molecule has 0 radical (unpaired) electrons. The van der Waals surface area contributed by atoms with Crippen LogP contribution in [0.5, 0.6) is 5.75 Å². The maximum absolute atomic E-state index is 12.7. The van der Waals surface area contributed by atoms with Gasteiger partial charge in [0.25, 0.3) is 5.91 Å². The number of amides is 2. The predicted octanol–water partition coefficient (Wildman–Crippen LogP) is 5.62. The van der Waals surface area contributed by atoms with Crippen molar-refractivity contribution in [1.29, 1.82) is 0 Å². The van der Waals surface area contributed by atoms with Crippen LogP contribution in [0.15, 0.2) is 78.9 Å². The van der Waals surface area contributed by atoms with E-state index >= 15 is 0 Å². The van der Waals surface area contributed by atoms with Crippen LogP contribution in [0.2, 0.25) is 0 Å². The molecule has 3 aromatic carbocycles. The average Bonchev–Trinajstić information content (AvgIpc) is 2.92. The first-order chi connectivity index (χ1) is 17.6. The zero-order valence-corrected chi connectivity index (χ0v) is 20.9. The fraction of sp³-hybridized carbons (Fsp3) is 0.333. The largest absolute Gasteiger partial charge is 0.494 e. The number of carbonyl (C=O) groups is 2. The van der Waals surface area contributed by atoms with E-state index in [1.807, 2.05) is 35.2 Å². The van der Waals surface area contributed by atoms with Crippen LogP contribution in [0.4, 0.5) is 11.4 Å². The number of piperidine rings is 1. The maximum Gasteiger partial charge on any atom is 0.253 e. The first-order valence-corrected chi connectivity index (χ1v) is 12.8. The van der Waals surface area contributed by atoms with Gasteiger partial charge in [0.1, 0.15) is 5.75 Å². The molecule has 0 aliphatic carbocycles. The van der Waals surface area contributed by atoms with E-state index < -0.39 is 0 Å². The average molecular weight is 486 g/mol. The zero-order valence-electron chi connectivity index (χ0n) is 20.9. The molecule has 6 heteroatoms. The standard InChI is InChI=1S/C30H35N3O3/c1-23-17-19-33(20-18-23)30(35)25-9-11-27(12-10-25)32-29(34)22-31-26-13-15-28(16-14-26)36-21-5-8-24-6-3-2-4-7-24/h2-4,6-7,9-16,23,31H,5,8,17-22H2,1H3,(H,32,34). The SMILES string of the molecule is CC1CCN(C(=O)c2ccc(NC(=O)CNc3ccc(OCCCc4ccccc4)cc3)cc2)CC1. The van der Waals surface area contributed by atoms with Crippen LogP contribution in [-0.2, 0) is 11.2 Å². The monoisotopic (exact) mass is 485 g/mol. The summed E-state index contributed by atoms with van der Waals surface area (Å²) in [7, 11) is 0. The van der Waals surface area contributed by atoms with Gasteiger partial charge in [0, 0.05) is 30.0 Å². The Bertz CT molecular complexity index is 1110. The highest BCUT2D eigenvalue weighted by atomic mass is 16.5. The summed E-state index contributed by atoms with van der Waals surface area (Å²) in [5.74, 6) is 1.40. The third-order valence-corrected chi connectivity index (χ3v) is 6.52. The molecule has 0 atom stereocenters. The van der Waals surface area contributed by atoms with Crippen molar-refractivity contribution >= 4 is 23.2 Å². The van der Waals surface area contributed by atoms with Gasteiger partial charge < -0.3 is 20.3 Å². The van der Waals surface area contributed by atoms with Crippen molar-refractivity contribution in [1.82, 2.24) is 4.90 Å². The molecule has 1 fully saturated rings. The number of rotatable bonds is 10. The van der Waals surface area contributed by atoms with Crippen molar-refractivity contribution in [2.75, 3.05) is 36.9 Å². The summed E-state index contributed by atoms with van der Waals surface area (Å²) in [6, 6.07) is 25.1. The van der Waals surface area contributed by atoms with Crippen molar-refractivity contribution in [3.8, 4) is 5.75 Å². The maximum atomic E-state index is 12.7. The first kappa shape index (κ1) is 25.3. The molecule has 0 unspecified atom stereocenters. The summed E-state index contributed by atoms with van der Waals surface area (Å²) < 4.78 is 5.82. The highest BCUT2D eigenvalue weighted by Gasteiger charge is 2.21. The highest BCUT2D eigenvalue weighted by molar-refractivity contribution is 5.96. The molecule has 36 heavy (non-hydrogen) atoms. The molecule has 0 spiro atoms. The Morgan fingerprint density at radius 3 is 2.25 bits per heavy atom. The Balaban J connectivity index is 1.16. The minimum absolute atomic E-state index is 0.0602. The topological polar surface area (TPSA) is 70.7 Å². The molecule has 1 aliphatic heterocycles. The summed E-state index contributed by atoms with van der Waals surface area (Å²) in [5.41, 5.74) is 3.49. The van der Waals surface area contributed by atoms with Crippen LogP contribution in [0.3, 0.4) is 0 Å². The van der Waals surface area contributed by atoms with E-state index in [1.54, 1.807) is 24.3 Å². The fourth-order valence-corrected chi connectivity index (χ4v) is 4.26. The van der Waals surface area contributed by atoms with E-state index in [2.05, 4.69) is 41.8 Å². The molecule has 1 aliphatic rings. The van der Waals surface area contributed by atoms with Gasteiger partial charge in [-0.1, -0.05) is 37.3 Å². The van der Waals surface area contributed by atoms with Gasteiger partial charge in [0.15, 0.2) is 0 Å². The summed E-state index contributed by atoms with van der Waals surface area (Å²) in [6.07, 6.45) is 4.05. The first-order valence-electron chi connectivity index (χ1n) is 12.8. The Hall–Kier alpha value is -3.80. The quantitative estimate of drug-likeness (QED) is 0.366. The van der Waals surface area contributed by atoms with Gasteiger partial charge in [-0.15, -0.1) is 0 Å². The van der Waals surface area contributed by atoms with Crippen molar-refractivity contribution < 1.29 is 14.3 Å². The molecule has 0 saturated carbocycles. The van der Waals surface area contributed by atoms with Crippen LogP contribution in [0, 0.1) is 5.92 Å². The van der Waals surface area contributed by atoms with Crippen molar-refractivity contribution in [2.45, 2.75) is 32.6 Å². The third kappa shape index (κ3) is 7.60. The Labute approximate surface area is 213 Å². The number of anilines is 2. The van der Waals surface area contributed by atoms with E-state index in [9.17, 15) is 9.59 Å². The van der Waals surface area contributed by atoms with Crippen LogP contribution in [0.25, 0.3) is 0 Å². The molecule has 2 amide bonds. The Morgan fingerprint density at radius 1 is 0.889 bits per heavy atom. The smallest absolute Gasteiger partial charge is 0.253 e. The van der Waals surface area contributed by atoms with Gasteiger partial charge in [-0.2, -0.15) is 0 Å². The third-order valence-electron chi connectivity index (χ3n) is 6.52. The van der Waals surface area contributed by atoms with Gasteiger partial charge in [-0.25, -0.2) is 0 Å². The van der Waals surface area contributed by atoms with Crippen LogP contribution >= 0.6 is 0 Å². The second-order valence-corrected chi connectivity index (χ2v) is 9.42. The molecular formula is C30H35N3O3.